The minimum atomic E-state index is -0.714. The van der Waals surface area contributed by atoms with E-state index in [1.165, 1.54) is 37.0 Å². The number of thioether (sulfide) groups is 2. The summed E-state index contributed by atoms with van der Waals surface area (Å²) in [5.41, 5.74) is 0.265. The summed E-state index contributed by atoms with van der Waals surface area (Å²) in [6.45, 7) is 6.19. The molecular weight excluding hydrogens is 583 g/mol. The maximum absolute atomic E-state index is 13.5. The van der Waals surface area contributed by atoms with E-state index in [2.05, 4.69) is 10.6 Å². The van der Waals surface area contributed by atoms with E-state index in [4.69, 9.17) is 9.47 Å². The van der Waals surface area contributed by atoms with E-state index in [0.717, 1.165) is 22.8 Å². The van der Waals surface area contributed by atoms with E-state index in [-0.39, 0.29) is 11.8 Å². The van der Waals surface area contributed by atoms with Crippen LogP contribution in [0.2, 0.25) is 0 Å². The third kappa shape index (κ3) is 11.0. The van der Waals surface area contributed by atoms with Gasteiger partial charge in [-0.3, -0.25) is 14.5 Å². The van der Waals surface area contributed by atoms with Crippen molar-refractivity contribution in [3.8, 4) is 11.5 Å². The quantitative estimate of drug-likeness (QED) is 0.304. The molecule has 234 valence electrons. The third-order valence-corrected chi connectivity index (χ3v) is 9.72. The summed E-state index contributed by atoms with van der Waals surface area (Å²) in [6, 6.07) is 15.8. The average molecular weight is 628 g/mol. The Labute approximate surface area is 264 Å². The summed E-state index contributed by atoms with van der Waals surface area (Å²) in [5.74, 6) is 4.23. The smallest absolute Gasteiger partial charge is 0.411 e. The molecule has 0 spiro atoms. The lowest BCUT2D eigenvalue weighted by Gasteiger charge is -2.36. The van der Waals surface area contributed by atoms with Crippen molar-refractivity contribution in [2.24, 2.45) is 5.92 Å². The first kappa shape index (κ1) is 33.1. The number of nitrogens with one attached hydrogen (secondary N) is 2. The molecule has 3 amide bonds. The predicted molar refractivity (Wildman–Crippen MR) is 175 cm³/mol. The van der Waals surface area contributed by atoms with Crippen molar-refractivity contribution in [3.63, 3.8) is 0 Å². The van der Waals surface area contributed by atoms with Gasteiger partial charge in [-0.05, 0) is 75.1 Å². The van der Waals surface area contributed by atoms with Crippen molar-refractivity contribution in [1.82, 2.24) is 15.5 Å². The standard InChI is InChI=1S/C33H45N3O5S2/c1-33(2,3)41-32(39)36-18-19-42-23-29(36)31(38)35-28(22-43-21-25-10-6-4-7-11-25)30(37)34-20-24-14-16-27(17-15-24)40-26-12-8-5-9-13-26/h5,8-9,12-17,25,28-29H,4,6-7,10-11,18-23H2,1-3H3,(H,34,37)(H,35,38)/t28-,29?/m0/s1. The molecule has 1 saturated carbocycles. The molecule has 1 aliphatic heterocycles. The number of nitrogens with zero attached hydrogens (tertiary/aromatic N) is 1. The number of para-hydroxylation sites is 1. The number of rotatable bonds is 11. The molecule has 2 N–H and O–H groups in total. The van der Waals surface area contributed by atoms with E-state index in [9.17, 15) is 14.4 Å². The molecule has 1 aliphatic carbocycles. The highest BCUT2D eigenvalue weighted by Crippen LogP contribution is 2.27. The lowest BCUT2D eigenvalue weighted by Crippen LogP contribution is -2.58. The van der Waals surface area contributed by atoms with Crippen molar-refractivity contribution in [2.45, 2.75) is 77.1 Å². The maximum atomic E-state index is 13.5. The Morgan fingerprint density at radius 1 is 1.00 bits per heavy atom. The van der Waals surface area contributed by atoms with Crippen LogP contribution in [-0.2, 0) is 20.9 Å². The molecule has 0 aromatic heterocycles. The number of hydrogen-bond donors (Lipinski definition) is 2. The second kappa shape index (κ2) is 16.3. The molecule has 2 aromatic carbocycles. The highest BCUT2D eigenvalue weighted by atomic mass is 32.2. The van der Waals surface area contributed by atoms with E-state index in [1.807, 2.05) is 75.4 Å². The first-order valence-corrected chi connectivity index (χ1v) is 17.5. The van der Waals surface area contributed by atoms with Crippen LogP contribution >= 0.6 is 23.5 Å². The van der Waals surface area contributed by atoms with Gasteiger partial charge in [-0.1, -0.05) is 49.6 Å². The van der Waals surface area contributed by atoms with Crippen LogP contribution in [-0.4, -0.2) is 70.0 Å². The molecule has 8 nitrogen and oxygen atoms in total. The monoisotopic (exact) mass is 627 g/mol. The predicted octanol–water partition coefficient (Wildman–Crippen LogP) is 6.25. The van der Waals surface area contributed by atoms with Crippen molar-refractivity contribution in [1.29, 1.82) is 0 Å². The summed E-state index contributed by atoms with van der Waals surface area (Å²) < 4.78 is 11.4. The lowest BCUT2D eigenvalue weighted by molar-refractivity contribution is -0.131. The van der Waals surface area contributed by atoms with Gasteiger partial charge in [-0.25, -0.2) is 4.79 Å². The van der Waals surface area contributed by atoms with Gasteiger partial charge in [-0.2, -0.15) is 23.5 Å². The minimum Gasteiger partial charge on any atom is -0.457 e. The zero-order valence-electron chi connectivity index (χ0n) is 25.5. The summed E-state index contributed by atoms with van der Waals surface area (Å²) in [6.07, 6.45) is 5.78. The zero-order chi connectivity index (χ0) is 30.7. The van der Waals surface area contributed by atoms with Crippen LogP contribution in [0.15, 0.2) is 54.6 Å². The maximum Gasteiger partial charge on any atom is 0.411 e. The van der Waals surface area contributed by atoms with Gasteiger partial charge in [-0.15, -0.1) is 0 Å². The van der Waals surface area contributed by atoms with Crippen LogP contribution in [0.1, 0.15) is 58.4 Å². The Morgan fingerprint density at radius 3 is 2.40 bits per heavy atom. The first-order valence-electron chi connectivity index (χ1n) is 15.2. The van der Waals surface area contributed by atoms with Crippen LogP contribution in [0.25, 0.3) is 0 Å². The van der Waals surface area contributed by atoms with Gasteiger partial charge in [0, 0.05) is 30.3 Å². The fourth-order valence-electron chi connectivity index (χ4n) is 5.13. The summed E-state index contributed by atoms with van der Waals surface area (Å²) in [5, 5.41) is 6.00. The van der Waals surface area contributed by atoms with Crippen LogP contribution < -0.4 is 15.4 Å². The van der Waals surface area contributed by atoms with Crippen molar-refractivity contribution in [3.05, 3.63) is 60.2 Å². The average Bonchev–Trinajstić information content (AvgIpc) is 3.00. The molecule has 0 radical (unpaired) electrons. The molecule has 1 unspecified atom stereocenters. The fourth-order valence-corrected chi connectivity index (χ4v) is 7.45. The molecule has 2 aromatic rings. The second-order valence-electron chi connectivity index (χ2n) is 12.1. The van der Waals surface area contributed by atoms with Gasteiger partial charge in [0.05, 0.1) is 0 Å². The van der Waals surface area contributed by atoms with Crippen LogP contribution in [0, 0.1) is 5.92 Å². The zero-order valence-corrected chi connectivity index (χ0v) is 27.1. The van der Waals surface area contributed by atoms with Gasteiger partial charge in [0.1, 0.15) is 29.2 Å². The molecule has 1 heterocycles. The van der Waals surface area contributed by atoms with E-state index in [0.29, 0.717) is 36.3 Å². The van der Waals surface area contributed by atoms with Crippen molar-refractivity contribution < 1.29 is 23.9 Å². The number of hydrogen-bond acceptors (Lipinski definition) is 7. The molecule has 2 atom stereocenters. The number of ether oxygens (including phenoxy) is 2. The normalized spacial score (nSPS) is 18.4. The molecule has 4 rings (SSSR count). The van der Waals surface area contributed by atoms with E-state index < -0.39 is 23.8 Å². The SMILES string of the molecule is CC(C)(C)OC(=O)N1CCSCC1C(=O)N[C@@H](CSCC1CCCCC1)C(=O)NCc1ccc(Oc2ccccc2)cc1. The number of benzene rings is 2. The van der Waals surface area contributed by atoms with Crippen LogP contribution in [0.3, 0.4) is 0 Å². The topological polar surface area (TPSA) is 97.0 Å². The number of carbonyl (C=O) groups is 3. The van der Waals surface area contributed by atoms with Gasteiger partial charge in [0.2, 0.25) is 11.8 Å². The van der Waals surface area contributed by atoms with Crippen LogP contribution in [0.4, 0.5) is 4.79 Å². The van der Waals surface area contributed by atoms with Gasteiger partial charge >= 0.3 is 6.09 Å². The minimum absolute atomic E-state index is 0.235. The van der Waals surface area contributed by atoms with Gasteiger partial charge in [0.25, 0.3) is 0 Å². The Balaban J connectivity index is 1.37. The molecule has 2 fully saturated rings. The molecule has 0 bridgehead atoms. The Kier molecular flexibility index (Phi) is 12.5. The molecule has 10 heteroatoms. The molecule has 2 aliphatic rings. The Bertz CT molecular complexity index is 1180. The van der Waals surface area contributed by atoms with E-state index in [1.54, 1.807) is 23.5 Å². The third-order valence-electron chi connectivity index (χ3n) is 7.42. The summed E-state index contributed by atoms with van der Waals surface area (Å²) in [4.78, 5) is 41.4. The highest BCUT2D eigenvalue weighted by molar-refractivity contribution is 7.99. The van der Waals surface area contributed by atoms with E-state index >= 15 is 0 Å². The highest BCUT2D eigenvalue weighted by Gasteiger charge is 2.36. The second-order valence-corrected chi connectivity index (χ2v) is 14.4. The number of carbonyl (C=O) groups excluding carboxylic acids is 3. The Morgan fingerprint density at radius 2 is 1.70 bits per heavy atom. The fraction of sp³-hybridized carbons (Fsp3) is 0.545. The molecule has 1 saturated heterocycles. The molecular formula is C33H45N3O5S2. The summed E-state index contributed by atoms with van der Waals surface area (Å²) >= 11 is 3.35. The molecule has 43 heavy (non-hydrogen) atoms. The number of amides is 3. The summed E-state index contributed by atoms with van der Waals surface area (Å²) in [7, 11) is 0. The van der Waals surface area contributed by atoms with Crippen molar-refractivity contribution >= 4 is 41.4 Å². The largest absolute Gasteiger partial charge is 0.457 e. The van der Waals surface area contributed by atoms with Gasteiger partial charge in [0.15, 0.2) is 0 Å². The first-order chi connectivity index (χ1) is 20.7. The Hall–Kier alpha value is -2.85. The van der Waals surface area contributed by atoms with Crippen LogP contribution in [0.5, 0.6) is 11.5 Å². The van der Waals surface area contributed by atoms with Crippen molar-refractivity contribution in [2.75, 3.05) is 29.6 Å². The lowest BCUT2D eigenvalue weighted by atomic mass is 9.91. The van der Waals surface area contributed by atoms with Gasteiger partial charge < -0.3 is 20.1 Å².